The summed E-state index contributed by atoms with van der Waals surface area (Å²) >= 11 is 0. The van der Waals surface area contributed by atoms with Crippen LogP contribution in [0.25, 0.3) is 0 Å². The van der Waals surface area contributed by atoms with E-state index in [-0.39, 0.29) is 0 Å². The number of hydrogen-bond acceptors (Lipinski definition) is 4. The first-order valence-electron chi connectivity index (χ1n) is 19.9. The average molecular weight is 799 g/mol. The largest absolute Gasteiger partial charge is 0.372 e. The molecule has 0 spiro atoms. The summed E-state index contributed by atoms with van der Waals surface area (Å²) in [6.45, 7) is 11.8. The van der Waals surface area contributed by atoms with Crippen molar-refractivity contribution in [3.05, 3.63) is 215 Å². The van der Waals surface area contributed by atoms with Crippen LogP contribution in [0, 0.1) is 22.9 Å². The molecule has 6 aromatic rings. The molecule has 0 saturated carbocycles. The fourth-order valence-corrected chi connectivity index (χ4v) is 8.23. The second-order valence-corrected chi connectivity index (χ2v) is 26.4. The highest BCUT2D eigenvalue weighted by molar-refractivity contribution is 6.84. The fraction of sp³-hybridized carbons (Fsp3) is 0.231. The Balaban J connectivity index is 1.58. The van der Waals surface area contributed by atoms with E-state index in [1.54, 1.807) is 0 Å². The van der Waals surface area contributed by atoms with E-state index in [1.807, 2.05) is 182 Å². The maximum absolute atomic E-state index is 13.4. The molecule has 0 aromatic heterocycles. The van der Waals surface area contributed by atoms with Gasteiger partial charge in [-0.25, -0.2) is 0 Å². The van der Waals surface area contributed by atoms with Crippen LogP contribution >= 0.6 is 0 Å². The zero-order valence-electron chi connectivity index (χ0n) is 34.4. The molecule has 0 aliphatic rings. The highest BCUT2D eigenvalue weighted by Crippen LogP contribution is 2.44. The maximum atomic E-state index is 13.4. The molecule has 0 amide bonds. The molecule has 0 bridgehead atoms. The molecule has 6 rings (SSSR count). The molecule has 6 aromatic carbocycles. The highest BCUT2D eigenvalue weighted by atomic mass is 28.3. The Labute approximate surface area is 347 Å². The maximum Gasteiger partial charge on any atom is 0.190 e. The zero-order valence-corrected chi connectivity index (χ0v) is 36.4. The van der Waals surface area contributed by atoms with Crippen LogP contribution in [0.4, 0.5) is 0 Å². The number of hydrogen-bond donors (Lipinski definition) is 2. The van der Waals surface area contributed by atoms with E-state index < -0.39 is 51.8 Å². The smallest absolute Gasteiger partial charge is 0.190 e. The quantitative estimate of drug-likeness (QED) is 0.0694. The third-order valence-electron chi connectivity index (χ3n) is 10.0. The standard InChI is InChI=1S/C52H54O4Si2/c1-57(2,3)39-37-49(53,41-55-51(43-25-13-7-14-26-43,44-27-15-8-16-28-44)45-29-17-9-18-30-45)50(54,38-40-58(4,5)6)42-56-52(46-31-19-10-20-32-46,47-33-21-11-22-34-47)48-35-23-12-24-36-48/h7-36,53-54H,41-42H2,1-6H3/t49-,50-/m1/s1. The first-order chi connectivity index (χ1) is 27.7. The van der Waals surface area contributed by atoms with E-state index in [0.717, 1.165) is 33.4 Å². The normalized spacial score (nSPS) is 14.1. The SMILES string of the molecule is C[Si](C)(C)C#C[C@@](O)(COC(c1ccccc1)(c1ccccc1)c1ccccc1)[C@@](O)(C#C[Si](C)(C)C)COC(c1ccccc1)(c1ccccc1)c1ccccc1. The number of aliphatic hydroxyl groups is 2. The molecule has 0 radical (unpaired) electrons. The molecular weight excluding hydrogens is 745 g/mol. The zero-order chi connectivity index (χ0) is 41.3. The first kappa shape index (κ1) is 42.3. The molecule has 2 atom stereocenters. The Morgan fingerprint density at radius 2 is 0.552 bits per heavy atom. The summed E-state index contributed by atoms with van der Waals surface area (Å²) in [5.74, 6) is 6.44. The van der Waals surface area contributed by atoms with Gasteiger partial charge in [-0.2, -0.15) is 0 Å². The number of rotatable bonds is 13. The lowest BCUT2D eigenvalue weighted by atomic mass is 9.78. The lowest BCUT2D eigenvalue weighted by Gasteiger charge is -2.44. The van der Waals surface area contributed by atoms with Crippen LogP contribution in [-0.2, 0) is 20.7 Å². The van der Waals surface area contributed by atoms with Gasteiger partial charge in [-0.15, -0.1) is 11.1 Å². The van der Waals surface area contributed by atoms with E-state index in [2.05, 4.69) is 62.2 Å². The molecular formula is C52H54O4Si2. The Morgan fingerprint density at radius 3 is 0.724 bits per heavy atom. The molecule has 58 heavy (non-hydrogen) atoms. The number of benzene rings is 6. The monoisotopic (exact) mass is 798 g/mol. The average Bonchev–Trinajstić information content (AvgIpc) is 3.24. The summed E-state index contributed by atoms with van der Waals surface area (Å²) in [4.78, 5) is 0. The van der Waals surface area contributed by atoms with E-state index in [9.17, 15) is 10.2 Å². The van der Waals surface area contributed by atoms with Gasteiger partial charge in [0.25, 0.3) is 0 Å². The molecule has 6 heteroatoms. The second kappa shape index (κ2) is 17.7. The molecule has 294 valence electrons. The van der Waals surface area contributed by atoms with E-state index >= 15 is 0 Å². The van der Waals surface area contributed by atoms with Crippen molar-refractivity contribution in [2.45, 2.75) is 61.7 Å². The van der Waals surface area contributed by atoms with Crippen LogP contribution in [-0.4, -0.2) is 50.8 Å². The van der Waals surface area contributed by atoms with Gasteiger partial charge in [0.15, 0.2) is 11.2 Å². The van der Waals surface area contributed by atoms with Crippen molar-refractivity contribution in [3.63, 3.8) is 0 Å². The summed E-state index contributed by atoms with van der Waals surface area (Å²) in [6.07, 6.45) is 0. The summed E-state index contributed by atoms with van der Waals surface area (Å²) < 4.78 is 14.5. The molecule has 0 aliphatic heterocycles. The van der Waals surface area contributed by atoms with Crippen LogP contribution in [0.1, 0.15) is 33.4 Å². The van der Waals surface area contributed by atoms with E-state index in [1.165, 1.54) is 0 Å². The Bertz CT molecular complexity index is 1970. The first-order valence-corrected chi connectivity index (χ1v) is 26.9. The van der Waals surface area contributed by atoms with Crippen molar-refractivity contribution < 1.29 is 19.7 Å². The Morgan fingerprint density at radius 1 is 0.362 bits per heavy atom. The van der Waals surface area contributed by atoms with Crippen molar-refractivity contribution in [1.82, 2.24) is 0 Å². The lowest BCUT2D eigenvalue weighted by Crippen LogP contribution is -2.60. The third-order valence-corrected chi connectivity index (χ3v) is 11.8. The van der Waals surface area contributed by atoms with Gasteiger partial charge in [0, 0.05) is 0 Å². The molecule has 4 nitrogen and oxygen atoms in total. The minimum Gasteiger partial charge on any atom is -0.372 e. The Hall–Kier alpha value is -5.29. The van der Waals surface area contributed by atoms with Gasteiger partial charge in [0.1, 0.15) is 27.3 Å². The third kappa shape index (κ3) is 9.36. The van der Waals surface area contributed by atoms with E-state index in [4.69, 9.17) is 9.47 Å². The van der Waals surface area contributed by atoms with Gasteiger partial charge in [-0.05, 0) is 33.4 Å². The summed E-state index contributed by atoms with van der Waals surface area (Å²) in [5.41, 5.74) is 5.08. The van der Waals surface area contributed by atoms with E-state index in [0.29, 0.717) is 0 Å². The predicted octanol–water partition coefficient (Wildman–Crippen LogP) is 10.2. The van der Waals surface area contributed by atoms with Gasteiger partial charge < -0.3 is 19.7 Å². The van der Waals surface area contributed by atoms with Gasteiger partial charge in [-0.1, -0.05) is 233 Å². The van der Waals surface area contributed by atoms with Crippen LogP contribution < -0.4 is 0 Å². The predicted molar refractivity (Wildman–Crippen MR) is 242 cm³/mol. The summed E-state index contributed by atoms with van der Waals surface area (Å²) in [6, 6.07) is 60.0. The van der Waals surface area contributed by atoms with Crippen LogP contribution in [0.2, 0.25) is 39.3 Å². The minimum atomic E-state index is -2.24. The lowest BCUT2D eigenvalue weighted by molar-refractivity contribution is -0.174. The summed E-state index contributed by atoms with van der Waals surface area (Å²) in [7, 11) is -4.32. The van der Waals surface area contributed by atoms with Crippen LogP contribution in [0.5, 0.6) is 0 Å². The van der Waals surface area contributed by atoms with Crippen LogP contribution in [0.15, 0.2) is 182 Å². The molecule has 0 saturated heterocycles. The second-order valence-electron chi connectivity index (χ2n) is 16.9. The Kier molecular flexibility index (Phi) is 12.9. The number of ether oxygens (including phenoxy) is 2. The molecule has 2 N–H and O–H groups in total. The van der Waals surface area contributed by atoms with Gasteiger partial charge in [0.2, 0.25) is 0 Å². The van der Waals surface area contributed by atoms with Crippen molar-refractivity contribution in [3.8, 4) is 22.9 Å². The van der Waals surface area contributed by atoms with Crippen molar-refractivity contribution in [2.24, 2.45) is 0 Å². The molecule has 0 unspecified atom stereocenters. The van der Waals surface area contributed by atoms with Crippen molar-refractivity contribution >= 4 is 16.1 Å². The van der Waals surface area contributed by atoms with Gasteiger partial charge in [0.05, 0.1) is 13.2 Å². The fourth-order valence-electron chi connectivity index (χ4n) is 7.06. The van der Waals surface area contributed by atoms with Crippen LogP contribution in [0.3, 0.4) is 0 Å². The van der Waals surface area contributed by atoms with Crippen molar-refractivity contribution in [1.29, 1.82) is 0 Å². The minimum absolute atomic E-state index is 0.404. The van der Waals surface area contributed by atoms with Crippen molar-refractivity contribution in [2.75, 3.05) is 13.2 Å². The summed E-state index contributed by atoms with van der Waals surface area (Å²) in [5, 5.41) is 26.8. The molecule has 0 aliphatic carbocycles. The van der Waals surface area contributed by atoms with Gasteiger partial charge >= 0.3 is 0 Å². The topological polar surface area (TPSA) is 58.9 Å². The highest BCUT2D eigenvalue weighted by Gasteiger charge is 2.53. The molecule has 0 heterocycles. The molecule has 0 fully saturated rings. The van der Waals surface area contributed by atoms with Gasteiger partial charge in [-0.3, -0.25) is 0 Å².